The summed E-state index contributed by atoms with van der Waals surface area (Å²) in [5, 5.41) is 0.760. The minimum absolute atomic E-state index is 0.0331. The van der Waals surface area contributed by atoms with Crippen LogP contribution >= 0.6 is 11.8 Å². The SMILES string of the molecule is Cc1ccc(C(CSC2CCCC2)NN)cc1F. The fourth-order valence-corrected chi connectivity index (χ4v) is 3.77. The van der Waals surface area contributed by atoms with Crippen molar-refractivity contribution in [2.75, 3.05) is 5.75 Å². The Morgan fingerprint density at radius 3 is 2.78 bits per heavy atom. The second kappa shape index (κ2) is 6.55. The lowest BCUT2D eigenvalue weighted by molar-refractivity contribution is 0.586. The topological polar surface area (TPSA) is 38.0 Å². The molecule has 2 nitrogen and oxygen atoms in total. The van der Waals surface area contributed by atoms with Gasteiger partial charge in [0.1, 0.15) is 5.82 Å². The molecule has 4 heteroatoms. The standard InChI is InChI=1S/C14H21FN2S/c1-10-6-7-11(8-13(10)15)14(17-16)9-18-12-4-2-3-5-12/h6-8,12,14,17H,2-5,9,16H2,1H3. The van der Waals surface area contributed by atoms with Crippen LogP contribution in [0, 0.1) is 12.7 Å². The number of nitrogens with one attached hydrogen (secondary N) is 1. The average Bonchev–Trinajstić information content (AvgIpc) is 2.87. The highest BCUT2D eigenvalue weighted by Gasteiger charge is 2.18. The molecule has 100 valence electrons. The molecule has 0 radical (unpaired) electrons. The van der Waals surface area contributed by atoms with E-state index in [9.17, 15) is 4.39 Å². The zero-order valence-electron chi connectivity index (χ0n) is 10.8. The first-order valence-corrected chi connectivity index (χ1v) is 7.59. The molecule has 2 rings (SSSR count). The Hall–Kier alpha value is -0.580. The Bertz CT molecular complexity index is 391. The first kappa shape index (κ1) is 13.8. The molecule has 1 aromatic rings. The first-order chi connectivity index (χ1) is 8.70. The molecule has 1 saturated carbocycles. The van der Waals surface area contributed by atoms with Crippen molar-refractivity contribution in [3.63, 3.8) is 0 Å². The summed E-state index contributed by atoms with van der Waals surface area (Å²) in [6.45, 7) is 1.78. The number of thioether (sulfide) groups is 1. The smallest absolute Gasteiger partial charge is 0.126 e. The summed E-state index contributed by atoms with van der Waals surface area (Å²) in [5.41, 5.74) is 4.42. The fourth-order valence-electron chi connectivity index (χ4n) is 2.35. The summed E-state index contributed by atoms with van der Waals surface area (Å²) in [4.78, 5) is 0. The van der Waals surface area contributed by atoms with Crippen molar-refractivity contribution in [2.45, 2.75) is 43.9 Å². The van der Waals surface area contributed by atoms with Crippen LogP contribution in [-0.2, 0) is 0 Å². The van der Waals surface area contributed by atoms with Crippen LogP contribution in [0.25, 0.3) is 0 Å². The number of benzene rings is 1. The van der Waals surface area contributed by atoms with E-state index in [4.69, 9.17) is 5.84 Å². The van der Waals surface area contributed by atoms with E-state index in [2.05, 4.69) is 5.43 Å². The van der Waals surface area contributed by atoms with E-state index in [1.807, 2.05) is 23.9 Å². The van der Waals surface area contributed by atoms with Crippen molar-refractivity contribution >= 4 is 11.8 Å². The van der Waals surface area contributed by atoms with Crippen molar-refractivity contribution in [1.29, 1.82) is 0 Å². The number of hydrogen-bond donors (Lipinski definition) is 2. The highest BCUT2D eigenvalue weighted by molar-refractivity contribution is 7.99. The van der Waals surface area contributed by atoms with E-state index in [0.29, 0.717) is 5.56 Å². The van der Waals surface area contributed by atoms with Crippen molar-refractivity contribution in [1.82, 2.24) is 5.43 Å². The second-order valence-electron chi connectivity index (χ2n) is 4.97. The molecule has 0 amide bonds. The summed E-state index contributed by atoms with van der Waals surface area (Å²) in [6.07, 6.45) is 5.31. The molecule has 0 heterocycles. The van der Waals surface area contributed by atoms with Gasteiger partial charge in [-0.15, -0.1) is 0 Å². The van der Waals surface area contributed by atoms with Gasteiger partial charge in [-0.25, -0.2) is 4.39 Å². The molecule has 18 heavy (non-hydrogen) atoms. The third kappa shape index (κ3) is 3.46. The second-order valence-corrected chi connectivity index (χ2v) is 6.30. The Labute approximate surface area is 112 Å². The lowest BCUT2D eigenvalue weighted by Gasteiger charge is -2.18. The molecule has 1 atom stereocenters. The number of nitrogens with two attached hydrogens (primary N) is 1. The van der Waals surface area contributed by atoms with Crippen molar-refractivity contribution in [3.05, 3.63) is 35.1 Å². The average molecular weight is 268 g/mol. The molecule has 0 saturated heterocycles. The molecule has 1 fully saturated rings. The Balaban J connectivity index is 1.96. The highest BCUT2D eigenvalue weighted by atomic mass is 32.2. The molecular formula is C14H21FN2S. The number of hydrogen-bond acceptors (Lipinski definition) is 3. The summed E-state index contributed by atoms with van der Waals surface area (Å²) < 4.78 is 13.5. The number of halogens is 1. The highest BCUT2D eigenvalue weighted by Crippen LogP contribution is 2.32. The van der Waals surface area contributed by atoms with E-state index in [-0.39, 0.29) is 11.9 Å². The Morgan fingerprint density at radius 1 is 1.44 bits per heavy atom. The summed E-state index contributed by atoms with van der Waals surface area (Å²) in [5.74, 6) is 6.34. The van der Waals surface area contributed by atoms with Gasteiger partial charge in [0.15, 0.2) is 0 Å². The normalized spacial score (nSPS) is 18.2. The molecule has 3 N–H and O–H groups in total. The molecular weight excluding hydrogens is 247 g/mol. The Kier molecular flexibility index (Phi) is 5.03. The maximum atomic E-state index is 13.5. The zero-order valence-corrected chi connectivity index (χ0v) is 11.6. The van der Waals surface area contributed by atoms with Crippen LogP contribution in [0.2, 0.25) is 0 Å². The largest absolute Gasteiger partial charge is 0.271 e. The third-order valence-corrected chi connectivity index (χ3v) is 5.07. The van der Waals surface area contributed by atoms with Crippen LogP contribution in [0.3, 0.4) is 0 Å². The molecule has 1 unspecified atom stereocenters. The van der Waals surface area contributed by atoms with Gasteiger partial charge >= 0.3 is 0 Å². The molecule has 0 spiro atoms. The van der Waals surface area contributed by atoms with Crippen LogP contribution in [-0.4, -0.2) is 11.0 Å². The van der Waals surface area contributed by atoms with Gasteiger partial charge in [0.25, 0.3) is 0 Å². The van der Waals surface area contributed by atoms with E-state index in [0.717, 1.165) is 16.6 Å². The lowest BCUT2D eigenvalue weighted by atomic mass is 10.1. The van der Waals surface area contributed by atoms with Crippen LogP contribution in [0.1, 0.15) is 42.9 Å². The van der Waals surface area contributed by atoms with E-state index >= 15 is 0 Å². The van der Waals surface area contributed by atoms with Gasteiger partial charge in [-0.2, -0.15) is 11.8 Å². The van der Waals surface area contributed by atoms with Crippen LogP contribution in [0.15, 0.2) is 18.2 Å². The monoisotopic (exact) mass is 268 g/mol. The number of hydrazine groups is 1. The molecule has 1 aromatic carbocycles. The minimum Gasteiger partial charge on any atom is -0.271 e. The van der Waals surface area contributed by atoms with Gasteiger partial charge in [-0.05, 0) is 37.0 Å². The maximum Gasteiger partial charge on any atom is 0.126 e. The molecule has 0 aliphatic heterocycles. The minimum atomic E-state index is -0.154. The van der Waals surface area contributed by atoms with Crippen LogP contribution in [0.4, 0.5) is 4.39 Å². The predicted molar refractivity (Wildman–Crippen MR) is 75.9 cm³/mol. The predicted octanol–water partition coefficient (Wildman–Crippen LogP) is 3.31. The Morgan fingerprint density at radius 2 is 2.17 bits per heavy atom. The summed E-state index contributed by atoms with van der Waals surface area (Å²) in [7, 11) is 0. The van der Waals surface area contributed by atoms with E-state index in [1.54, 1.807) is 13.0 Å². The zero-order chi connectivity index (χ0) is 13.0. The van der Waals surface area contributed by atoms with Crippen molar-refractivity contribution < 1.29 is 4.39 Å². The third-order valence-electron chi connectivity index (χ3n) is 3.60. The van der Waals surface area contributed by atoms with Gasteiger partial charge in [0, 0.05) is 11.0 Å². The van der Waals surface area contributed by atoms with Crippen molar-refractivity contribution in [3.8, 4) is 0 Å². The van der Waals surface area contributed by atoms with Gasteiger partial charge in [-0.3, -0.25) is 11.3 Å². The summed E-state index contributed by atoms with van der Waals surface area (Å²) in [6, 6.07) is 5.40. The molecule has 1 aliphatic rings. The van der Waals surface area contributed by atoms with Gasteiger partial charge < -0.3 is 0 Å². The molecule has 0 bridgehead atoms. The quantitative estimate of drug-likeness (QED) is 0.635. The van der Waals surface area contributed by atoms with E-state index in [1.165, 1.54) is 25.7 Å². The first-order valence-electron chi connectivity index (χ1n) is 6.54. The van der Waals surface area contributed by atoms with Crippen LogP contribution < -0.4 is 11.3 Å². The van der Waals surface area contributed by atoms with Crippen LogP contribution in [0.5, 0.6) is 0 Å². The van der Waals surface area contributed by atoms with Crippen molar-refractivity contribution in [2.24, 2.45) is 5.84 Å². The molecule has 0 aromatic heterocycles. The number of aryl methyl sites for hydroxylation is 1. The lowest BCUT2D eigenvalue weighted by Crippen LogP contribution is -2.30. The number of rotatable bonds is 5. The summed E-state index contributed by atoms with van der Waals surface area (Å²) >= 11 is 1.96. The fraction of sp³-hybridized carbons (Fsp3) is 0.571. The van der Waals surface area contributed by atoms with Gasteiger partial charge in [-0.1, -0.05) is 25.0 Å². The van der Waals surface area contributed by atoms with E-state index < -0.39 is 0 Å². The molecule has 1 aliphatic carbocycles. The van der Waals surface area contributed by atoms with Gasteiger partial charge in [0.05, 0.1) is 6.04 Å². The maximum absolute atomic E-state index is 13.5. The van der Waals surface area contributed by atoms with Gasteiger partial charge in [0.2, 0.25) is 0 Å².